The standard InChI is InChI=1S/C13H13ClFNS/c14-10-2-3-11(12(15)7-10)13(16)4-1-9-5-6-17-8-9/h2-3,5-8,13H,1,4,16H2. The molecule has 2 rings (SSSR count). The van der Waals surface area contributed by atoms with Crippen LogP contribution < -0.4 is 5.73 Å². The number of hydrogen-bond acceptors (Lipinski definition) is 2. The molecule has 1 nitrogen and oxygen atoms in total. The number of nitrogens with two attached hydrogens (primary N) is 1. The van der Waals surface area contributed by atoms with Crippen LogP contribution in [-0.2, 0) is 6.42 Å². The predicted octanol–water partition coefficient (Wildman–Crippen LogP) is 4.17. The van der Waals surface area contributed by atoms with Crippen LogP contribution in [0.2, 0.25) is 5.02 Å². The maximum atomic E-state index is 13.6. The molecule has 0 amide bonds. The van der Waals surface area contributed by atoms with Gasteiger partial charge in [0.05, 0.1) is 0 Å². The van der Waals surface area contributed by atoms with Gasteiger partial charge in [0.1, 0.15) is 5.82 Å². The van der Waals surface area contributed by atoms with Crippen molar-refractivity contribution in [2.75, 3.05) is 0 Å². The van der Waals surface area contributed by atoms with E-state index >= 15 is 0 Å². The molecule has 0 saturated heterocycles. The first-order valence-corrected chi connectivity index (χ1v) is 6.70. The zero-order chi connectivity index (χ0) is 12.3. The van der Waals surface area contributed by atoms with Gasteiger partial charge in [-0.1, -0.05) is 17.7 Å². The molecule has 0 fully saturated rings. The van der Waals surface area contributed by atoms with Gasteiger partial charge in [0.2, 0.25) is 0 Å². The molecule has 0 bridgehead atoms. The minimum atomic E-state index is -0.324. The van der Waals surface area contributed by atoms with E-state index in [4.69, 9.17) is 17.3 Å². The third-order valence-electron chi connectivity index (χ3n) is 2.69. The zero-order valence-corrected chi connectivity index (χ0v) is 10.8. The first-order valence-electron chi connectivity index (χ1n) is 5.38. The molecule has 1 unspecified atom stereocenters. The van der Waals surface area contributed by atoms with E-state index < -0.39 is 0 Å². The summed E-state index contributed by atoms with van der Waals surface area (Å²) in [5.41, 5.74) is 7.76. The summed E-state index contributed by atoms with van der Waals surface area (Å²) in [5, 5.41) is 4.52. The highest BCUT2D eigenvalue weighted by atomic mass is 35.5. The van der Waals surface area contributed by atoms with Crippen LogP contribution in [0.1, 0.15) is 23.6 Å². The van der Waals surface area contributed by atoms with E-state index in [1.165, 1.54) is 11.6 Å². The maximum Gasteiger partial charge on any atom is 0.129 e. The van der Waals surface area contributed by atoms with Gasteiger partial charge in [-0.15, -0.1) is 0 Å². The van der Waals surface area contributed by atoms with Gasteiger partial charge in [-0.3, -0.25) is 0 Å². The number of benzene rings is 1. The topological polar surface area (TPSA) is 26.0 Å². The zero-order valence-electron chi connectivity index (χ0n) is 9.20. The molecule has 0 spiro atoms. The number of hydrogen-bond donors (Lipinski definition) is 1. The second-order valence-electron chi connectivity index (χ2n) is 3.94. The summed E-state index contributed by atoms with van der Waals surface area (Å²) < 4.78 is 13.6. The fourth-order valence-corrected chi connectivity index (χ4v) is 2.58. The van der Waals surface area contributed by atoms with Gasteiger partial charge in [0.15, 0.2) is 0 Å². The second-order valence-corrected chi connectivity index (χ2v) is 5.16. The lowest BCUT2D eigenvalue weighted by Gasteiger charge is -2.12. The molecule has 90 valence electrons. The van der Waals surface area contributed by atoms with E-state index in [-0.39, 0.29) is 11.9 Å². The molecule has 4 heteroatoms. The summed E-state index contributed by atoms with van der Waals surface area (Å²) in [4.78, 5) is 0. The maximum absolute atomic E-state index is 13.6. The highest BCUT2D eigenvalue weighted by Gasteiger charge is 2.11. The molecule has 0 saturated carbocycles. The summed E-state index contributed by atoms with van der Waals surface area (Å²) in [5.74, 6) is -0.324. The lowest BCUT2D eigenvalue weighted by atomic mass is 10.0. The Balaban J connectivity index is 2.01. The van der Waals surface area contributed by atoms with Gasteiger partial charge >= 0.3 is 0 Å². The molecule has 1 heterocycles. The molecule has 17 heavy (non-hydrogen) atoms. The SMILES string of the molecule is NC(CCc1ccsc1)c1ccc(Cl)cc1F. The predicted molar refractivity (Wildman–Crippen MR) is 71.0 cm³/mol. The third-order valence-corrected chi connectivity index (χ3v) is 3.65. The van der Waals surface area contributed by atoms with Crippen molar-refractivity contribution >= 4 is 22.9 Å². The van der Waals surface area contributed by atoms with Crippen molar-refractivity contribution in [2.45, 2.75) is 18.9 Å². The fourth-order valence-electron chi connectivity index (χ4n) is 1.71. The summed E-state index contributed by atoms with van der Waals surface area (Å²) in [6.45, 7) is 0. The Morgan fingerprint density at radius 2 is 2.18 bits per heavy atom. The molecule has 1 aromatic heterocycles. The molecular formula is C13H13ClFNS. The van der Waals surface area contributed by atoms with E-state index in [0.29, 0.717) is 10.6 Å². The van der Waals surface area contributed by atoms with Crippen LogP contribution >= 0.6 is 22.9 Å². The van der Waals surface area contributed by atoms with Crippen LogP contribution in [0.5, 0.6) is 0 Å². The van der Waals surface area contributed by atoms with Crippen LogP contribution in [0.3, 0.4) is 0 Å². The van der Waals surface area contributed by atoms with Crippen molar-refractivity contribution in [3.8, 4) is 0 Å². The van der Waals surface area contributed by atoms with E-state index in [1.807, 2.05) is 5.38 Å². The molecule has 2 aromatic rings. The fraction of sp³-hybridized carbons (Fsp3) is 0.231. The minimum absolute atomic E-state index is 0.285. The number of rotatable bonds is 4. The Morgan fingerprint density at radius 3 is 2.82 bits per heavy atom. The molecule has 1 atom stereocenters. The third kappa shape index (κ3) is 3.28. The van der Waals surface area contributed by atoms with Gasteiger partial charge in [0.25, 0.3) is 0 Å². The van der Waals surface area contributed by atoms with E-state index in [2.05, 4.69) is 11.4 Å². The van der Waals surface area contributed by atoms with Crippen LogP contribution in [0.4, 0.5) is 4.39 Å². The minimum Gasteiger partial charge on any atom is -0.324 e. The summed E-state index contributed by atoms with van der Waals surface area (Å²) in [6, 6.07) is 6.42. The first kappa shape index (κ1) is 12.6. The van der Waals surface area contributed by atoms with Crippen LogP contribution in [-0.4, -0.2) is 0 Å². The molecule has 0 aliphatic heterocycles. The highest BCUT2D eigenvalue weighted by Crippen LogP contribution is 2.23. The van der Waals surface area contributed by atoms with Crippen molar-refractivity contribution in [1.29, 1.82) is 0 Å². The Bertz CT molecular complexity index is 484. The second kappa shape index (κ2) is 5.63. The molecule has 0 aliphatic carbocycles. The average Bonchev–Trinajstić information content (AvgIpc) is 2.78. The van der Waals surface area contributed by atoms with Crippen molar-refractivity contribution in [1.82, 2.24) is 0 Å². The largest absolute Gasteiger partial charge is 0.324 e. The molecular weight excluding hydrogens is 257 g/mol. The molecule has 2 N–H and O–H groups in total. The first-order chi connectivity index (χ1) is 8.16. The molecule has 1 aromatic carbocycles. The number of aryl methyl sites for hydroxylation is 1. The van der Waals surface area contributed by atoms with Crippen LogP contribution in [0.25, 0.3) is 0 Å². The van der Waals surface area contributed by atoms with E-state index in [1.54, 1.807) is 23.5 Å². The monoisotopic (exact) mass is 269 g/mol. The summed E-state index contributed by atoms with van der Waals surface area (Å²) in [6.07, 6.45) is 1.60. The summed E-state index contributed by atoms with van der Waals surface area (Å²) >= 11 is 7.36. The van der Waals surface area contributed by atoms with Crippen LogP contribution in [0.15, 0.2) is 35.0 Å². The number of halogens is 2. The van der Waals surface area contributed by atoms with Gasteiger partial charge in [-0.05, 0) is 47.4 Å². The lowest BCUT2D eigenvalue weighted by molar-refractivity contribution is 0.564. The Hall–Kier alpha value is -0.900. The van der Waals surface area contributed by atoms with Crippen molar-refractivity contribution in [3.63, 3.8) is 0 Å². The van der Waals surface area contributed by atoms with Gasteiger partial charge in [-0.2, -0.15) is 11.3 Å². The number of thiophene rings is 1. The smallest absolute Gasteiger partial charge is 0.129 e. The van der Waals surface area contributed by atoms with Gasteiger partial charge < -0.3 is 5.73 Å². The molecule has 0 aliphatic rings. The lowest BCUT2D eigenvalue weighted by Crippen LogP contribution is -2.13. The van der Waals surface area contributed by atoms with E-state index in [0.717, 1.165) is 12.8 Å². The molecule has 0 radical (unpaired) electrons. The average molecular weight is 270 g/mol. The van der Waals surface area contributed by atoms with Crippen molar-refractivity contribution < 1.29 is 4.39 Å². The normalized spacial score (nSPS) is 12.6. The van der Waals surface area contributed by atoms with Gasteiger partial charge in [-0.25, -0.2) is 4.39 Å². The van der Waals surface area contributed by atoms with E-state index in [9.17, 15) is 4.39 Å². The Kier molecular flexibility index (Phi) is 4.15. The summed E-state index contributed by atoms with van der Waals surface area (Å²) in [7, 11) is 0. The Morgan fingerprint density at radius 1 is 1.35 bits per heavy atom. The van der Waals surface area contributed by atoms with Crippen LogP contribution in [0, 0.1) is 5.82 Å². The van der Waals surface area contributed by atoms with Gasteiger partial charge in [0, 0.05) is 16.6 Å². The van der Waals surface area contributed by atoms with Crippen molar-refractivity contribution in [3.05, 3.63) is 57.0 Å². The van der Waals surface area contributed by atoms with Crippen molar-refractivity contribution in [2.24, 2.45) is 5.73 Å². The highest BCUT2D eigenvalue weighted by molar-refractivity contribution is 7.07. The Labute approximate surface area is 109 Å². The quantitative estimate of drug-likeness (QED) is 0.886.